The van der Waals surface area contributed by atoms with Crippen molar-refractivity contribution in [2.75, 3.05) is 50.1 Å². The zero-order valence-corrected chi connectivity index (χ0v) is 17.4. The highest BCUT2D eigenvalue weighted by Gasteiger charge is 2.20. The quantitative estimate of drug-likeness (QED) is 0.653. The third-order valence-electron chi connectivity index (χ3n) is 5.06. The van der Waals surface area contributed by atoms with Crippen molar-refractivity contribution in [3.05, 3.63) is 60.1 Å². The Bertz CT molecular complexity index is 1000. The van der Waals surface area contributed by atoms with Crippen LogP contribution in [0.5, 0.6) is 5.75 Å². The number of piperazine rings is 1. The van der Waals surface area contributed by atoms with Crippen LogP contribution < -0.4 is 15.0 Å². The molecular formula is C21H23ClN6O2. The van der Waals surface area contributed by atoms with E-state index in [2.05, 4.69) is 31.3 Å². The van der Waals surface area contributed by atoms with Gasteiger partial charge in [-0.1, -0.05) is 17.7 Å². The highest BCUT2D eigenvalue weighted by atomic mass is 35.5. The summed E-state index contributed by atoms with van der Waals surface area (Å²) in [7, 11) is 1.67. The highest BCUT2D eigenvalue weighted by Crippen LogP contribution is 2.24. The largest absolute Gasteiger partial charge is 0.497 e. The fourth-order valence-corrected chi connectivity index (χ4v) is 3.68. The number of hydrogen-bond donors (Lipinski definition) is 1. The number of ether oxygens (including phenoxy) is 1. The van der Waals surface area contributed by atoms with Gasteiger partial charge in [0, 0.05) is 43.0 Å². The number of rotatable bonds is 6. The van der Waals surface area contributed by atoms with Crippen LogP contribution >= 0.6 is 11.6 Å². The van der Waals surface area contributed by atoms with Crippen LogP contribution in [-0.4, -0.2) is 65.4 Å². The second-order valence-corrected chi connectivity index (χ2v) is 7.45. The van der Waals surface area contributed by atoms with E-state index in [0.717, 1.165) is 37.6 Å². The average molecular weight is 427 g/mol. The van der Waals surface area contributed by atoms with Crippen molar-refractivity contribution in [2.24, 2.45) is 0 Å². The molecule has 0 atom stereocenters. The maximum absolute atomic E-state index is 12.7. The highest BCUT2D eigenvalue weighted by molar-refractivity contribution is 6.31. The van der Waals surface area contributed by atoms with Gasteiger partial charge in [-0.05, 0) is 30.3 Å². The van der Waals surface area contributed by atoms with Crippen LogP contribution in [0.1, 0.15) is 0 Å². The summed E-state index contributed by atoms with van der Waals surface area (Å²) in [5.74, 6) is 0.757. The van der Waals surface area contributed by atoms with Gasteiger partial charge in [0.25, 0.3) is 0 Å². The Morgan fingerprint density at radius 1 is 1.17 bits per heavy atom. The third-order valence-corrected chi connectivity index (χ3v) is 5.29. The van der Waals surface area contributed by atoms with E-state index in [4.69, 9.17) is 16.3 Å². The van der Waals surface area contributed by atoms with Gasteiger partial charge in [0.2, 0.25) is 5.91 Å². The second kappa shape index (κ2) is 9.15. The molecule has 0 aliphatic carbocycles. The smallest absolute Gasteiger partial charge is 0.238 e. The summed E-state index contributed by atoms with van der Waals surface area (Å²) < 4.78 is 6.91. The lowest BCUT2D eigenvalue weighted by molar-refractivity contribution is -0.117. The summed E-state index contributed by atoms with van der Waals surface area (Å²) in [5, 5.41) is 7.64. The van der Waals surface area contributed by atoms with E-state index in [0.29, 0.717) is 22.9 Å². The molecule has 8 nitrogen and oxygen atoms in total. The summed E-state index contributed by atoms with van der Waals surface area (Å²) in [6.07, 6.45) is 3.03. The molecule has 156 valence electrons. The maximum atomic E-state index is 12.7. The third kappa shape index (κ3) is 4.72. The fourth-order valence-electron chi connectivity index (χ4n) is 3.50. The minimum Gasteiger partial charge on any atom is -0.497 e. The molecule has 1 aliphatic heterocycles. The van der Waals surface area contributed by atoms with E-state index in [9.17, 15) is 4.79 Å². The Labute approximate surface area is 180 Å². The Kier molecular flexibility index (Phi) is 6.15. The molecule has 0 saturated carbocycles. The van der Waals surface area contributed by atoms with Crippen LogP contribution in [-0.2, 0) is 4.79 Å². The lowest BCUT2D eigenvalue weighted by Crippen LogP contribution is -2.48. The first-order chi connectivity index (χ1) is 14.6. The molecule has 4 rings (SSSR count). The summed E-state index contributed by atoms with van der Waals surface area (Å²) >= 11 is 6.13. The van der Waals surface area contributed by atoms with Gasteiger partial charge in [0.1, 0.15) is 18.4 Å². The number of nitrogens with zero attached hydrogens (tertiary/aromatic N) is 5. The zero-order valence-electron chi connectivity index (χ0n) is 16.7. The SMILES string of the molecule is COc1cccc(N2CCN(CC(=O)Nc3cc(Cl)ccc3-n3cncn3)CC2)c1. The lowest BCUT2D eigenvalue weighted by atomic mass is 10.2. The lowest BCUT2D eigenvalue weighted by Gasteiger charge is -2.35. The van der Waals surface area contributed by atoms with Crippen LogP contribution in [0.4, 0.5) is 11.4 Å². The Balaban J connectivity index is 1.35. The first-order valence-electron chi connectivity index (χ1n) is 9.68. The summed E-state index contributed by atoms with van der Waals surface area (Å²) in [5.41, 5.74) is 2.45. The van der Waals surface area contributed by atoms with Gasteiger partial charge in [-0.25, -0.2) is 9.67 Å². The van der Waals surface area contributed by atoms with E-state index in [-0.39, 0.29) is 5.91 Å². The molecule has 1 aliphatic rings. The van der Waals surface area contributed by atoms with Crippen LogP contribution in [0.2, 0.25) is 5.02 Å². The predicted octanol–water partition coefficient (Wildman–Crippen LogP) is 2.69. The van der Waals surface area contributed by atoms with E-state index in [1.54, 1.807) is 36.3 Å². The molecule has 0 radical (unpaired) electrons. The van der Waals surface area contributed by atoms with Crippen molar-refractivity contribution in [2.45, 2.75) is 0 Å². The summed E-state index contributed by atoms with van der Waals surface area (Å²) in [6.45, 7) is 3.62. The number of benzene rings is 2. The number of amides is 1. The van der Waals surface area contributed by atoms with Gasteiger partial charge < -0.3 is 15.0 Å². The van der Waals surface area contributed by atoms with Crippen molar-refractivity contribution in [3.63, 3.8) is 0 Å². The van der Waals surface area contributed by atoms with Gasteiger partial charge in [-0.3, -0.25) is 9.69 Å². The standard InChI is InChI=1S/C21H23ClN6O2/c1-30-18-4-2-3-17(12-18)27-9-7-26(8-10-27)13-21(29)25-19-11-16(22)5-6-20(19)28-15-23-14-24-28/h2-6,11-12,14-15H,7-10,13H2,1H3,(H,25,29). The van der Waals surface area contributed by atoms with Crippen LogP contribution in [0.3, 0.4) is 0 Å². The number of hydrogen-bond acceptors (Lipinski definition) is 6. The fraction of sp³-hybridized carbons (Fsp3) is 0.286. The molecule has 9 heteroatoms. The predicted molar refractivity (Wildman–Crippen MR) is 117 cm³/mol. The van der Waals surface area contributed by atoms with E-state index < -0.39 is 0 Å². The molecule has 1 aromatic heterocycles. The number of halogens is 1. The summed E-state index contributed by atoms with van der Waals surface area (Å²) in [4.78, 5) is 21.1. The van der Waals surface area contributed by atoms with Crippen molar-refractivity contribution in [1.82, 2.24) is 19.7 Å². The van der Waals surface area contributed by atoms with Gasteiger partial charge in [-0.2, -0.15) is 5.10 Å². The number of carbonyl (C=O) groups excluding carboxylic acids is 1. The Morgan fingerprint density at radius 3 is 2.73 bits per heavy atom. The van der Waals surface area contributed by atoms with E-state index >= 15 is 0 Å². The molecule has 0 unspecified atom stereocenters. The van der Waals surface area contributed by atoms with Gasteiger partial charge >= 0.3 is 0 Å². The van der Waals surface area contributed by atoms with E-state index in [1.807, 2.05) is 18.2 Å². The van der Waals surface area contributed by atoms with Crippen molar-refractivity contribution in [1.29, 1.82) is 0 Å². The summed E-state index contributed by atoms with van der Waals surface area (Å²) in [6, 6.07) is 13.3. The minimum atomic E-state index is -0.0894. The minimum absolute atomic E-state index is 0.0894. The molecule has 3 aromatic rings. The molecule has 30 heavy (non-hydrogen) atoms. The average Bonchev–Trinajstić information content (AvgIpc) is 3.29. The Morgan fingerprint density at radius 2 is 2.00 bits per heavy atom. The van der Waals surface area contributed by atoms with Crippen molar-refractivity contribution in [3.8, 4) is 11.4 Å². The molecule has 0 spiro atoms. The molecule has 0 bridgehead atoms. The number of methoxy groups -OCH3 is 1. The van der Waals surface area contributed by atoms with Crippen LogP contribution in [0.25, 0.3) is 5.69 Å². The number of anilines is 2. The van der Waals surface area contributed by atoms with Crippen LogP contribution in [0.15, 0.2) is 55.1 Å². The normalized spacial score (nSPS) is 14.5. The Hall–Kier alpha value is -3.10. The molecule has 1 N–H and O–H groups in total. The second-order valence-electron chi connectivity index (χ2n) is 7.01. The van der Waals surface area contributed by atoms with Gasteiger partial charge in [0.15, 0.2) is 0 Å². The van der Waals surface area contributed by atoms with Gasteiger partial charge in [-0.15, -0.1) is 0 Å². The molecular weight excluding hydrogens is 404 g/mol. The van der Waals surface area contributed by atoms with Crippen molar-refractivity contribution >= 4 is 28.9 Å². The molecule has 1 saturated heterocycles. The monoisotopic (exact) mass is 426 g/mol. The number of aromatic nitrogens is 3. The van der Waals surface area contributed by atoms with Crippen molar-refractivity contribution < 1.29 is 9.53 Å². The first-order valence-corrected chi connectivity index (χ1v) is 10.1. The van der Waals surface area contributed by atoms with E-state index in [1.165, 1.54) is 6.33 Å². The zero-order chi connectivity index (χ0) is 20.9. The number of carbonyl (C=O) groups is 1. The molecule has 1 amide bonds. The van der Waals surface area contributed by atoms with Crippen LogP contribution in [0, 0.1) is 0 Å². The first kappa shape index (κ1) is 20.2. The number of nitrogens with one attached hydrogen (secondary N) is 1. The molecule has 2 heterocycles. The maximum Gasteiger partial charge on any atom is 0.238 e. The molecule has 1 fully saturated rings. The topological polar surface area (TPSA) is 75.5 Å². The van der Waals surface area contributed by atoms with Gasteiger partial charge in [0.05, 0.1) is 25.0 Å². The molecule has 2 aromatic carbocycles.